The summed E-state index contributed by atoms with van der Waals surface area (Å²) in [6.07, 6.45) is 2.17. The number of thiophene rings is 1. The van der Waals surface area contributed by atoms with E-state index in [-0.39, 0.29) is 6.04 Å². The summed E-state index contributed by atoms with van der Waals surface area (Å²) < 4.78 is 2.88. The second-order valence-electron chi connectivity index (χ2n) is 5.07. The van der Waals surface area contributed by atoms with Crippen molar-refractivity contribution in [1.29, 1.82) is 0 Å². The molecule has 0 fully saturated rings. The summed E-state index contributed by atoms with van der Waals surface area (Å²) in [4.78, 5) is 1.25. The van der Waals surface area contributed by atoms with Gasteiger partial charge in [-0.1, -0.05) is 33.2 Å². The Morgan fingerprint density at radius 1 is 1.23 bits per heavy atom. The molecule has 1 N–H and O–H groups in total. The molecule has 7 heteroatoms. The molecule has 5 nitrogen and oxygen atoms in total. The van der Waals surface area contributed by atoms with Crippen LogP contribution in [0.25, 0.3) is 5.70 Å². The molecule has 0 radical (unpaired) electrons. The van der Waals surface area contributed by atoms with Crippen LogP contribution in [0.4, 0.5) is 5.95 Å². The van der Waals surface area contributed by atoms with Crippen molar-refractivity contribution in [2.75, 3.05) is 5.32 Å². The standard InChI is InChI=1S/C15H12BrN5S/c1-9-6-7-22-14(9)13-8-12(10-2-4-11(16)5-3-10)17-15-18-19-20-21(13)15/h2-8,13H,1H3,(H,17,18,20)/t13-/m1/s1. The molecule has 1 atom stereocenters. The van der Waals surface area contributed by atoms with Crippen LogP contribution in [0.3, 0.4) is 0 Å². The highest BCUT2D eigenvalue weighted by molar-refractivity contribution is 9.10. The summed E-state index contributed by atoms with van der Waals surface area (Å²) in [6.45, 7) is 2.12. The lowest BCUT2D eigenvalue weighted by Crippen LogP contribution is -2.20. The summed E-state index contributed by atoms with van der Waals surface area (Å²) in [5.41, 5.74) is 3.38. The third-order valence-corrected chi connectivity index (χ3v) is 5.27. The largest absolute Gasteiger partial charge is 0.323 e. The Morgan fingerprint density at radius 2 is 2.05 bits per heavy atom. The molecule has 22 heavy (non-hydrogen) atoms. The van der Waals surface area contributed by atoms with Gasteiger partial charge >= 0.3 is 0 Å². The van der Waals surface area contributed by atoms with Gasteiger partial charge in [0.15, 0.2) is 0 Å². The number of fused-ring (bicyclic) bond motifs is 1. The van der Waals surface area contributed by atoms with Crippen molar-refractivity contribution in [1.82, 2.24) is 20.2 Å². The van der Waals surface area contributed by atoms with Gasteiger partial charge in [-0.15, -0.1) is 11.3 Å². The Balaban J connectivity index is 1.82. The molecule has 1 aliphatic rings. The fraction of sp³-hybridized carbons (Fsp3) is 0.133. The molecule has 0 saturated carbocycles. The Kier molecular flexibility index (Phi) is 3.31. The maximum absolute atomic E-state index is 4.13. The van der Waals surface area contributed by atoms with Crippen LogP contribution in [-0.2, 0) is 0 Å². The van der Waals surface area contributed by atoms with E-state index >= 15 is 0 Å². The Morgan fingerprint density at radius 3 is 2.77 bits per heavy atom. The molecule has 1 aliphatic heterocycles. The average Bonchev–Trinajstić information content (AvgIpc) is 3.15. The smallest absolute Gasteiger partial charge is 0.248 e. The molecule has 0 amide bonds. The number of rotatable bonds is 2. The first-order valence-electron chi connectivity index (χ1n) is 6.79. The molecular formula is C15H12BrN5S. The number of aryl methyl sites for hydroxylation is 1. The number of tetrazole rings is 1. The quantitative estimate of drug-likeness (QED) is 0.740. The number of benzene rings is 1. The fourth-order valence-electron chi connectivity index (χ4n) is 2.53. The van der Waals surface area contributed by atoms with Gasteiger partial charge < -0.3 is 5.32 Å². The molecule has 0 aliphatic carbocycles. The average molecular weight is 374 g/mol. The van der Waals surface area contributed by atoms with Crippen LogP contribution in [0, 0.1) is 6.92 Å². The van der Waals surface area contributed by atoms with Crippen molar-refractivity contribution in [3.8, 4) is 0 Å². The molecule has 4 rings (SSSR count). The first kappa shape index (κ1) is 13.7. The predicted octanol–water partition coefficient (Wildman–Crippen LogP) is 3.86. The summed E-state index contributed by atoms with van der Waals surface area (Å²) >= 11 is 5.19. The van der Waals surface area contributed by atoms with Gasteiger partial charge in [0.1, 0.15) is 6.04 Å². The number of allylic oxidation sites excluding steroid dienone is 1. The highest BCUT2D eigenvalue weighted by Gasteiger charge is 2.26. The molecule has 3 heterocycles. The van der Waals surface area contributed by atoms with Gasteiger partial charge in [-0.3, -0.25) is 0 Å². The summed E-state index contributed by atoms with van der Waals surface area (Å²) in [5.74, 6) is 0.665. The zero-order chi connectivity index (χ0) is 15.1. The predicted molar refractivity (Wildman–Crippen MR) is 90.8 cm³/mol. The first-order valence-corrected chi connectivity index (χ1v) is 8.46. The molecule has 0 saturated heterocycles. The van der Waals surface area contributed by atoms with Gasteiger partial charge in [0.25, 0.3) is 0 Å². The number of nitrogens with one attached hydrogen (secondary N) is 1. The number of halogens is 1. The van der Waals surface area contributed by atoms with Crippen molar-refractivity contribution < 1.29 is 0 Å². The van der Waals surface area contributed by atoms with Crippen molar-refractivity contribution in [2.45, 2.75) is 13.0 Å². The van der Waals surface area contributed by atoms with Crippen LogP contribution < -0.4 is 5.32 Å². The topological polar surface area (TPSA) is 55.6 Å². The van der Waals surface area contributed by atoms with E-state index in [1.54, 1.807) is 11.3 Å². The van der Waals surface area contributed by atoms with E-state index in [4.69, 9.17) is 0 Å². The van der Waals surface area contributed by atoms with Gasteiger partial charge in [-0.2, -0.15) is 4.68 Å². The minimum atomic E-state index is 0.0184. The Labute approximate surface area is 139 Å². The van der Waals surface area contributed by atoms with Crippen LogP contribution in [-0.4, -0.2) is 20.2 Å². The minimum absolute atomic E-state index is 0.0184. The lowest BCUT2D eigenvalue weighted by Gasteiger charge is -2.23. The highest BCUT2D eigenvalue weighted by atomic mass is 79.9. The Hall–Kier alpha value is -1.99. The lowest BCUT2D eigenvalue weighted by molar-refractivity contribution is 0.591. The normalized spacial score (nSPS) is 16.8. The molecule has 0 bridgehead atoms. The molecule has 2 aromatic heterocycles. The maximum Gasteiger partial charge on any atom is 0.248 e. The summed E-state index contributed by atoms with van der Waals surface area (Å²) in [7, 11) is 0. The van der Waals surface area contributed by atoms with E-state index in [1.165, 1.54) is 10.4 Å². The van der Waals surface area contributed by atoms with Gasteiger partial charge in [-0.25, -0.2) is 0 Å². The van der Waals surface area contributed by atoms with Crippen LogP contribution in [0.15, 0.2) is 46.3 Å². The fourth-order valence-corrected chi connectivity index (χ4v) is 3.77. The van der Waals surface area contributed by atoms with E-state index in [1.807, 2.05) is 16.8 Å². The van der Waals surface area contributed by atoms with Crippen molar-refractivity contribution in [3.05, 3.63) is 62.3 Å². The molecule has 0 spiro atoms. The van der Waals surface area contributed by atoms with Gasteiger partial charge in [0.05, 0.1) is 0 Å². The third-order valence-electron chi connectivity index (χ3n) is 3.65. The van der Waals surface area contributed by atoms with E-state index < -0.39 is 0 Å². The van der Waals surface area contributed by atoms with E-state index in [0.717, 1.165) is 15.7 Å². The highest BCUT2D eigenvalue weighted by Crippen LogP contribution is 2.35. The SMILES string of the molecule is Cc1ccsc1[C@H]1C=C(c2ccc(Br)cc2)Nc2nnnn21. The van der Waals surface area contributed by atoms with E-state index in [0.29, 0.717) is 5.95 Å². The van der Waals surface area contributed by atoms with Crippen molar-refractivity contribution >= 4 is 38.9 Å². The van der Waals surface area contributed by atoms with Crippen LogP contribution in [0.2, 0.25) is 0 Å². The molecule has 3 aromatic rings. The van der Waals surface area contributed by atoms with Crippen molar-refractivity contribution in [2.24, 2.45) is 0 Å². The van der Waals surface area contributed by atoms with E-state index in [2.05, 4.69) is 73.4 Å². The zero-order valence-electron chi connectivity index (χ0n) is 11.7. The van der Waals surface area contributed by atoms with Crippen molar-refractivity contribution in [3.63, 3.8) is 0 Å². The lowest BCUT2D eigenvalue weighted by atomic mass is 10.1. The number of hydrogen-bond acceptors (Lipinski definition) is 5. The third kappa shape index (κ3) is 2.26. The van der Waals surface area contributed by atoms with Gasteiger partial charge in [0.2, 0.25) is 5.95 Å². The number of aromatic nitrogens is 4. The number of nitrogens with zero attached hydrogens (tertiary/aromatic N) is 4. The van der Waals surface area contributed by atoms with Crippen LogP contribution in [0.5, 0.6) is 0 Å². The number of hydrogen-bond donors (Lipinski definition) is 1. The monoisotopic (exact) mass is 373 g/mol. The van der Waals surface area contributed by atoms with Crippen LogP contribution in [0.1, 0.15) is 22.0 Å². The second-order valence-corrected chi connectivity index (χ2v) is 6.94. The molecule has 110 valence electrons. The van der Waals surface area contributed by atoms with Gasteiger partial charge in [-0.05, 0) is 58.1 Å². The summed E-state index contributed by atoms with van der Waals surface area (Å²) in [6, 6.07) is 10.3. The Bertz CT molecular complexity index is 849. The first-order chi connectivity index (χ1) is 10.7. The van der Waals surface area contributed by atoms with Crippen LogP contribution >= 0.6 is 27.3 Å². The second kappa shape index (κ2) is 5.33. The maximum atomic E-state index is 4.13. The minimum Gasteiger partial charge on any atom is -0.323 e. The molecule has 0 unspecified atom stereocenters. The number of anilines is 1. The van der Waals surface area contributed by atoms with Gasteiger partial charge in [0, 0.05) is 15.0 Å². The zero-order valence-corrected chi connectivity index (χ0v) is 14.1. The molecule has 1 aromatic carbocycles. The summed E-state index contributed by atoms with van der Waals surface area (Å²) in [5, 5.41) is 17.4. The molecular weight excluding hydrogens is 362 g/mol. The van der Waals surface area contributed by atoms with E-state index in [9.17, 15) is 0 Å².